The molecule has 6 nitrogen and oxygen atoms in total. The van der Waals surface area contributed by atoms with E-state index in [1.807, 2.05) is 74.5 Å². The largest absolute Gasteiger partial charge is 0.473 e. The van der Waals surface area contributed by atoms with Crippen LogP contribution in [0.15, 0.2) is 79.0 Å². The van der Waals surface area contributed by atoms with Gasteiger partial charge in [0, 0.05) is 12.5 Å². The maximum Gasteiger partial charge on any atom is 0.251 e. The number of anilines is 1. The summed E-state index contributed by atoms with van der Waals surface area (Å²) in [6.45, 7) is 4.34. The zero-order valence-electron chi connectivity index (χ0n) is 17.7. The van der Waals surface area contributed by atoms with E-state index in [-0.39, 0.29) is 17.7 Å². The topological polar surface area (TPSA) is 80.3 Å². The first-order valence-electron chi connectivity index (χ1n) is 10.3. The lowest BCUT2D eigenvalue weighted by Crippen LogP contribution is -2.37. The minimum atomic E-state index is -0.790. The van der Waals surface area contributed by atoms with Gasteiger partial charge in [-0.25, -0.2) is 4.98 Å². The molecule has 0 aliphatic rings. The SMILES string of the molecule is CC(C)CC(=O)NC(C(=O)Nc1ccc(OCc2ccccc2)nc1)c1ccccc1. The van der Waals surface area contributed by atoms with Crippen molar-refractivity contribution in [2.45, 2.75) is 32.9 Å². The van der Waals surface area contributed by atoms with E-state index in [0.29, 0.717) is 30.2 Å². The van der Waals surface area contributed by atoms with Crippen molar-refractivity contribution < 1.29 is 14.3 Å². The van der Waals surface area contributed by atoms with Crippen molar-refractivity contribution in [1.82, 2.24) is 10.3 Å². The number of pyridine rings is 1. The minimum Gasteiger partial charge on any atom is -0.473 e. The van der Waals surface area contributed by atoms with E-state index in [9.17, 15) is 9.59 Å². The van der Waals surface area contributed by atoms with Gasteiger partial charge in [-0.1, -0.05) is 74.5 Å². The number of amides is 2. The molecule has 1 unspecified atom stereocenters. The average Bonchev–Trinajstić information content (AvgIpc) is 2.78. The van der Waals surface area contributed by atoms with Gasteiger partial charge < -0.3 is 15.4 Å². The Hall–Kier alpha value is -3.67. The van der Waals surface area contributed by atoms with E-state index in [4.69, 9.17) is 4.74 Å². The summed E-state index contributed by atoms with van der Waals surface area (Å²) >= 11 is 0. The molecule has 2 N–H and O–H groups in total. The van der Waals surface area contributed by atoms with Crippen molar-refractivity contribution in [3.63, 3.8) is 0 Å². The Balaban J connectivity index is 1.64. The molecule has 3 aromatic rings. The highest BCUT2D eigenvalue weighted by Gasteiger charge is 2.23. The smallest absolute Gasteiger partial charge is 0.251 e. The number of aromatic nitrogens is 1. The summed E-state index contributed by atoms with van der Waals surface area (Å²) in [5, 5.41) is 5.67. The minimum absolute atomic E-state index is 0.165. The lowest BCUT2D eigenvalue weighted by atomic mass is 10.0. The predicted octanol–water partition coefficient (Wildman–Crippen LogP) is 4.50. The van der Waals surface area contributed by atoms with Crippen LogP contribution in [-0.2, 0) is 16.2 Å². The third-order valence-electron chi connectivity index (χ3n) is 4.53. The Bertz CT molecular complexity index is 974. The molecule has 6 heteroatoms. The number of hydrogen-bond donors (Lipinski definition) is 2. The van der Waals surface area contributed by atoms with Crippen LogP contribution in [0.2, 0.25) is 0 Å². The number of carbonyl (C=O) groups excluding carboxylic acids is 2. The number of benzene rings is 2. The molecule has 0 aliphatic heterocycles. The molecule has 1 heterocycles. The van der Waals surface area contributed by atoms with E-state index in [2.05, 4.69) is 15.6 Å². The zero-order valence-corrected chi connectivity index (χ0v) is 17.7. The Morgan fingerprint density at radius 2 is 1.61 bits per heavy atom. The van der Waals surface area contributed by atoms with Gasteiger partial charge in [0.05, 0.1) is 11.9 Å². The Morgan fingerprint density at radius 1 is 0.935 bits per heavy atom. The standard InChI is InChI=1S/C25H27N3O3/c1-18(2)15-22(29)28-24(20-11-7-4-8-12-20)25(30)27-21-13-14-23(26-16-21)31-17-19-9-5-3-6-10-19/h3-14,16,18,24H,15,17H2,1-2H3,(H,27,30)(H,28,29). The van der Waals surface area contributed by atoms with E-state index in [0.717, 1.165) is 5.56 Å². The van der Waals surface area contributed by atoms with Crippen molar-refractivity contribution in [3.8, 4) is 5.88 Å². The fourth-order valence-electron chi connectivity index (χ4n) is 3.02. The highest BCUT2D eigenvalue weighted by atomic mass is 16.5. The molecule has 1 atom stereocenters. The normalized spacial score (nSPS) is 11.6. The van der Waals surface area contributed by atoms with Crippen LogP contribution in [-0.4, -0.2) is 16.8 Å². The number of hydrogen-bond acceptors (Lipinski definition) is 4. The van der Waals surface area contributed by atoms with Crippen LogP contribution in [0.4, 0.5) is 5.69 Å². The molecule has 0 aliphatic carbocycles. The van der Waals surface area contributed by atoms with Crippen molar-refractivity contribution in [3.05, 3.63) is 90.1 Å². The third kappa shape index (κ3) is 6.96. The first-order valence-corrected chi connectivity index (χ1v) is 10.3. The fourth-order valence-corrected chi connectivity index (χ4v) is 3.02. The predicted molar refractivity (Wildman–Crippen MR) is 120 cm³/mol. The first kappa shape index (κ1) is 22.0. The summed E-state index contributed by atoms with van der Waals surface area (Å²) in [6.07, 6.45) is 1.89. The summed E-state index contributed by atoms with van der Waals surface area (Å²) < 4.78 is 5.68. The van der Waals surface area contributed by atoms with Gasteiger partial charge in [-0.05, 0) is 23.1 Å². The van der Waals surface area contributed by atoms with Crippen molar-refractivity contribution in [2.24, 2.45) is 5.92 Å². The van der Waals surface area contributed by atoms with E-state index < -0.39 is 6.04 Å². The maximum absolute atomic E-state index is 12.9. The first-order chi connectivity index (χ1) is 15.0. The number of carbonyl (C=O) groups is 2. The molecule has 0 fully saturated rings. The van der Waals surface area contributed by atoms with Crippen molar-refractivity contribution in [1.29, 1.82) is 0 Å². The zero-order chi connectivity index (χ0) is 22.1. The molecular weight excluding hydrogens is 390 g/mol. The molecule has 0 bridgehead atoms. The van der Waals surface area contributed by atoms with E-state index in [1.54, 1.807) is 12.1 Å². The molecule has 0 spiro atoms. The number of nitrogens with one attached hydrogen (secondary N) is 2. The molecule has 0 saturated carbocycles. The van der Waals surface area contributed by atoms with Crippen LogP contribution < -0.4 is 15.4 Å². The lowest BCUT2D eigenvalue weighted by molar-refractivity contribution is -0.127. The lowest BCUT2D eigenvalue weighted by Gasteiger charge is -2.19. The highest BCUT2D eigenvalue weighted by Crippen LogP contribution is 2.18. The molecular formula is C25H27N3O3. The second-order valence-electron chi connectivity index (χ2n) is 7.66. The third-order valence-corrected chi connectivity index (χ3v) is 4.53. The summed E-state index contributed by atoms with van der Waals surface area (Å²) in [4.78, 5) is 29.5. The fraction of sp³-hybridized carbons (Fsp3) is 0.240. The van der Waals surface area contributed by atoms with Gasteiger partial charge in [-0.3, -0.25) is 9.59 Å². The average molecular weight is 418 g/mol. The molecule has 160 valence electrons. The molecule has 0 radical (unpaired) electrons. The quantitative estimate of drug-likeness (QED) is 0.537. The second-order valence-corrected chi connectivity index (χ2v) is 7.66. The van der Waals surface area contributed by atoms with Crippen LogP contribution >= 0.6 is 0 Å². The Kier molecular flexibility index (Phi) is 7.76. The molecule has 31 heavy (non-hydrogen) atoms. The molecule has 1 aromatic heterocycles. The summed E-state index contributed by atoms with van der Waals surface area (Å²) in [6, 6.07) is 21.6. The van der Waals surface area contributed by atoms with Gasteiger partial charge in [-0.2, -0.15) is 0 Å². The molecule has 0 saturated heterocycles. The van der Waals surface area contributed by atoms with Crippen LogP contribution in [0.5, 0.6) is 5.88 Å². The number of rotatable bonds is 9. The Morgan fingerprint density at radius 3 is 2.23 bits per heavy atom. The van der Waals surface area contributed by atoms with Crippen molar-refractivity contribution >= 4 is 17.5 Å². The number of ether oxygens (including phenoxy) is 1. The number of nitrogens with zero attached hydrogens (tertiary/aromatic N) is 1. The molecule has 3 rings (SSSR count). The van der Waals surface area contributed by atoms with Crippen LogP contribution in [0.25, 0.3) is 0 Å². The van der Waals surface area contributed by atoms with Crippen molar-refractivity contribution in [2.75, 3.05) is 5.32 Å². The van der Waals surface area contributed by atoms with Gasteiger partial charge in [-0.15, -0.1) is 0 Å². The summed E-state index contributed by atoms with van der Waals surface area (Å²) in [5.74, 6) is 0.170. The van der Waals surface area contributed by atoms with Gasteiger partial charge in [0.1, 0.15) is 12.6 Å². The highest BCUT2D eigenvalue weighted by molar-refractivity contribution is 5.97. The van der Waals surface area contributed by atoms with Crippen LogP contribution in [0, 0.1) is 5.92 Å². The molecule has 2 aromatic carbocycles. The monoisotopic (exact) mass is 417 g/mol. The Labute approximate surface area is 182 Å². The second kappa shape index (κ2) is 10.9. The van der Waals surface area contributed by atoms with Gasteiger partial charge in [0.2, 0.25) is 11.8 Å². The van der Waals surface area contributed by atoms with Crippen LogP contribution in [0.3, 0.4) is 0 Å². The van der Waals surface area contributed by atoms with E-state index in [1.165, 1.54) is 6.20 Å². The van der Waals surface area contributed by atoms with Gasteiger partial charge in [0.15, 0.2) is 0 Å². The van der Waals surface area contributed by atoms with Gasteiger partial charge in [0.25, 0.3) is 5.91 Å². The van der Waals surface area contributed by atoms with E-state index >= 15 is 0 Å². The molecule has 2 amide bonds. The van der Waals surface area contributed by atoms with Gasteiger partial charge >= 0.3 is 0 Å². The van der Waals surface area contributed by atoms with Crippen LogP contribution in [0.1, 0.15) is 37.4 Å². The maximum atomic E-state index is 12.9. The summed E-state index contributed by atoms with van der Waals surface area (Å²) in [7, 11) is 0. The summed E-state index contributed by atoms with van der Waals surface area (Å²) in [5.41, 5.74) is 2.29.